The first-order chi connectivity index (χ1) is 13.8. The van der Waals surface area contributed by atoms with Crippen molar-refractivity contribution in [3.8, 4) is 5.69 Å². The molecule has 0 spiro atoms. The summed E-state index contributed by atoms with van der Waals surface area (Å²) >= 11 is 0. The number of hydrogen-bond acceptors (Lipinski definition) is 4. The molecule has 2 aromatic carbocycles. The first-order valence-corrected chi connectivity index (χ1v) is 11.0. The fraction of sp³-hybridized carbons (Fsp3) is 0.238. The van der Waals surface area contributed by atoms with Gasteiger partial charge in [0, 0.05) is 25.4 Å². The number of nitrogens with zero attached hydrogens (tertiary/aromatic N) is 4. The molecule has 152 valence electrons. The molecule has 0 bridgehead atoms. The van der Waals surface area contributed by atoms with Crippen molar-refractivity contribution in [1.29, 1.82) is 0 Å². The molecule has 0 aliphatic heterocycles. The maximum absolute atomic E-state index is 12.8. The van der Waals surface area contributed by atoms with E-state index in [9.17, 15) is 13.2 Å². The molecule has 3 aromatic rings. The Hall–Kier alpha value is -3.13. The summed E-state index contributed by atoms with van der Waals surface area (Å²) in [6, 6.07) is 16.8. The summed E-state index contributed by atoms with van der Waals surface area (Å²) < 4.78 is 27.5. The van der Waals surface area contributed by atoms with E-state index in [-0.39, 0.29) is 12.5 Å². The van der Waals surface area contributed by atoms with E-state index in [0.29, 0.717) is 12.2 Å². The molecule has 0 radical (unpaired) electrons. The average Bonchev–Trinajstić information content (AvgIpc) is 3.15. The summed E-state index contributed by atoms with van der Waals surface area (Å²) in [6.45, 7) is 1.89. The molecule has 0 N–H and O–H groups in total. The molecular weight excluding hydrogens is 388 g/mol. The lowest BCUT2D eigenvalue weighted by molar-refractivity contribution is -0.128. The van der Waals surface area contributed by atoms with Gasteiger partial charge in [0.25, 0.3) is 0 Å². The van der Waals surface area contributed by atoms with Gasteiger partial charge in [0.1, 0.15) is 6.54 Å². The zero-order valence-electron chi connectivity index (χ0n) is 16.7. The van der Waals surface area contributed by atoms with Gasteiger partial charge in [0.05, 0.1) is 23.8 Å². The zero-order chi connectivity index (χ0) is 21.0. The maximum atomic E-state index is 12.8. The second-order valence-electron chi connectivity index (χ2n) is 6.93. The quantitative estimate of drug-likeness (QED) is 0.598. The molecule has 29 heavy (non-hydrogen) atoms. The van der Waals surface area contributed by atoms with E-state index in [1.807, 2.05) is 55.6 Å². The number of aromatic nitrogens is 2. The van der Waals surface area contributed by atoms with Gasteiger partial charge in [-0.1, -0.05) is 36.4 Å². The molecule has 0 atom stereocenters. The van der Waals surface area contributed by atoms with Gasteiger partial charge in [-0.05, 0) is 30.7 Å². The van der Waals surface area contributed by atoms with Crippen LogP contribution in [0, 0.1) is 6.92 Å². The minimum atomic E-state index is -3.60. The van der Waals surface area contributed by atoms with Gasteiger partial charge in [0.2, 0.25) is 15.9 Å². The predicted octanol–water partition coefficient (Wildman–Crippen LogP) is 2.61. The maximum Gasteiger partial charge on any atom is 0.243 e. The normalized spacial score (nSPS) is 11.3. The van der Waals surface area contributed by atoms with E-state index in [4.69, 9.17) is 0 Å². The molecule has 1 amide bonds. The highest BCUT2D eigenvalue weighted by molar-refractivity contribution is 7.92. The molecule has 0 aliphatic rings. The Balaban J connectivity index is 1.73. The van der Waals surface area contributed by atoms with Crippen molar-refractivity contribution in [1.82, 2.24) is 14.7 Å². The molecule has 0 saturated carbocycles. The molecule has 0 fully saturated rings. The molecule has 0 aliphatic carbocycles. The number of sulfonamides is 1. The van der Waals surface area contributed by atoms with E-state index >= 15 is 0 Å². The van der Waals surface area contributed by atoms with Gasteiger partial charge in [-0.15, -0.1) is 0 Å². The topological polar surface area (TPSA) is 75.5 Å². The number of carbonyl (C=O) groups is 1. The second kappa shape index (κ2) is 8.48. The summed E-state index contributed by atoms with van der Waals surface area (Å²) in [6.07, 6.45) is 4.66. The van der Waals surface area contributed by atoms with Crippen molar-refractivity contribution >= 4 is 21.6 Å². The van der Waals surface area contributed by atoms with Crippen LogP contribution in [0.4, 0.5) is 5.69 Å². The Morgan fingerprint density at radius 1 is 1.07 bits per heavy atom. The van der Waals surface area contributed by atoms with Gasteiger partial charge >= 0.3 is 0 Å². The van der Waals surface area contributed by atoms with E-state index in [1.165, 1.54) is 4.90 Å². The first kappa shape index (κ1) is 20.6. The van der Waals surface area contributed by atoms with Gasteiger partial charge in [-0.25, -0.2) is 13.1 Å². The van der Waals surface area contributed by atoms with E-state index in [0.717, 1.165) is 27.4 Å². The van der Waals surface area contributed by atoms with Crippen LogP contribution >= 0.6 is 0 Å². The number of rotatable bonds is 7. The highest BCUT2D eigenvalue weighted by Gasteiger charge is 2.24. The lowest BCUT2D eigenvalue weighted by Crippen LogP contribution is -2.41. The van der Waals surface area contributed by atoms with Crippen LogP contribution in [-0.4, -0.2) is 48.9 Å². The van der Waals surface area contributed by atoms with Gasteiger partial charge in [0.15, 0.2) is 0 Å². The standard InChI is InChI=1S/C21H24N4O3S/c1-17-9-7-8-12-20(17)25(29(3,27)28)16-21(26)23(2)14-18-13-22-24(15-18)19-10-5-4-6-11-19/h4-13,15H,14,16H2,1-3H3. The summed E-state index contributed by atoms with van der Waals surface area (Å²) in [4.78, 5) is 14.3. The Morgan fingerprint density at radius 3 is 2.38 bits per heavy atom. The van der Waals surface area contributed by atoms with Gasteiger partial charge in [-0.2, -0.15) is 5.10 Å². The van der Waals surface area contributed by atoms with Crippen LogP contribution < -0.4 is 4.31 Å². The number of aryl methyl sites for hydroxylation is 1. The highest BCUT2D eigenvalue weighted by atomic mass is 32.2. The third kappa shape index (κ3) is 5.03. The monoisotopic (exact) mass is 412 g/mol. The number of anilines is 1. The molecule has 1 aromatic heterocycles. The van der Waals surface area contributed by atoms with E-state index in [1.54, 1.807) is 30.1 Å². The fourth-order valence-electron chi connectivity index (χ4n) is 2.99. The number of para-hydroxylation sites is 2. The fourth-order valence-corrected chi connectivity index (χ4v) is 3.90. The van der Waals surface area contributed by atoms with Crippen LogP contribution in [0.1, 0.15) is 11.1 Å². The summed E-state index contributed by atoms with van der Waals surface area (Å²) in [5.74, 6) is -0.300. The Morgan fingerprint density at radius 2 is 1.72 bits per heavy atom. The zero-order valence-corrected chi connectivity index (χ0v) is 17.5. The molecule has 8 heteroatoms. The predicted molar refractivity (Wildman–Crippen MR) is 113 cm³/mol. The van der Waals surface area contributed by atoms with Crippen LogP contribution in [0.5, 0.6) is 0 Å². The Labute approximate surface area is 171 Å². The lowest BCUT2D eigenvalue weighted by Gasteiger charge is -2.26. The van der Waals surface area contributed by atoms with Crippen molar-refractivity contribution in [2.45, 2.75) is 13.5 Å². The van der Waals surface area contributed by atoms with Crippen molar-refractivity contribution in [3.63, 3.8) is 0 Å². The summed E-state index contributed by atoms with van der Waals surface area (Å²) in [7, 11) is -1.95. The summed E-state index contributed by atoms with van der Waals surface area (Å²) in [5, 5.41) is 4.33. The Bertz CT molecular complexity index is 1090. The molecule has 7 nitrogen and oxygen atoms in total. The molecule has 3 rings (SSSR count). The van der Waals surface area contributed by atoms with Gasteiger partial charge in [-0.3, -0.25) is 9.10 Å². The van der Waals surface area contributed by atoms with Crippen LogP contribution in [0.25, 0.3) is 5.69 Å². The van der Waals surface area contributed by atoms with Crippen molar-refractivity contribution in [2.24, 2.45) is 0 Å². The number of benzene rings is 2. The lowest BCUT2D eigenvalue weighted by atomic mass is 10.2. The van der Waals surface area contributed by atoms with Crippen LogP contribution in [0.2, 0.25) is 0 Å². The third-order valence-electron chi connectivity index (χ3n) is 4.57. The average molecular weight is 413 g/mol. The summed E-state index contributed by atoms with van der Waals surface area (Å²) in [5.41, 5.74) is 3.08. The van der Waals surface area contributed by atoms with E-state index < -0.39 is 10.0 Å². The van der Waals surface area contributed by atoms with Crippen molar-refractivity contribution < 1.29 is 13.2 Å². The van der Waals surface area contributed by atoms with E-state index in [2.05, 4.69) is 5.10 Å². The molecule has 0 saturated heterocycles. The van der Waals surface area contributed by atoms with Crippen LogP contribution in [0.15, 0.2) is 67.0 Å². The highest BCUT2D eigenvalue weighted by Crippen LogP contribution is 2.22. The number of amides is 1. The molecular formula is C21H24N4O3S. The van der Waals surface area contributed by atoms with Gasteiger partial charge < -0.3 is 4.90 Å². The minimum absolute atomic E-state index is 0.257. The van der Waals surface area contributed by atoms with Crippen LogP contribution in [-0.2, 0) is 21.4 Å². The number of hydrogen-bond donors (Lipinski definition) is 0. The number of likely N-dealkylation sites (N-methyl/N-ethyl adjacent to an activating group) is 1. The SMILES string of the molecule is Cc1ccccc1N(CC(=O)N(C)Cc1cnn(-c2ccccc2)c1)S(C)(=O)=O. The minimum Gasteiger partial charge on any atom is -0.340 e. The Kier molecular flexibility index (Phi) is 6.03. The second-order valence-corrected chi connectivity index (χ2v) is 8.84. The largest absolute Gasteiger partial charge is 0.340 e. The third-order valence-corrected chi connectivity index (χ3v) is 5.69. The molecule has 0 unspecified atom stereocenters. The smallest absolute Gasteiger partial charge is 0.243 e. The number of carbonyl (C=O) groups excluding carboxylic acids is 1. The van der Waals surface area contributed by atoms with Crippen molar-refractivity contribution in [3.05, 3.63) is 78.1 Å². The van der Waals surface area contributed by atoms with Crippen LogP contribution in [0.3, 0.4) is 0 Å². The first-order valence-electron chi connectivity index (χ1n) is 9.12. The molecule has 1 heterocycles. The van der Waals surface area contributed by atoms with Crippen molar-refractivity contribution in [2.75, 3.05) is 24.2 Å².